The lowest BCUT2D eigenvalue weighted by Gasteiger charge is -2.02. The third kappa shape index (κ3) is 3.84. The van der Waals surface area contributed by atoms with Gasteiger partial charge in [-0.2, -0.15) is 0 Å². The van der Waals surface area contributed by atoms with E-state index >= 15 is 0 Å². The van der Waals surface area contributed by atoms with Gasteiger partial charge in [0.05, 0.1) is 0 Å². The maximum atomic E-state index is 11.5. The molecule has 0 amide bonds. The molecule has 0 aliphatic carbocycles. The van der Waals surface area contributed by atoms with Gasteiger partial charge in [0, 0.05) is 0 Å². The normalized spacial score (nSPS) is 10.6. The molecule has 20 heavy (non-hydrogen) atoms. The monoisotopic (exact) mass is 426 g/mol. The van der Waals surface area contributed by atoms with Crippen LogP contribution >= 0.6 is 40.1 Å². The molecule has 0 unspecified atom stereocenters. The van der Waals surface area contributed by atoms with E-state index in [2.05, 4.69) is 40.9 Å². The van der Waals surface area contributed by atoms with Crippen LogP contribution in [0.5, 0.6) is 0 Å². The zero-order valence-corrected chi connectivity index (χ0v) is 13.6. The lowest BCUT2D eigenvalue weighted by atomic mass is 10.5. The molecule has 2 rings (SSSR count). The minimum atomic E-state index is -3.36. The number of furan rings is 2. The Morgan fingerprint density at radius 2 is 1.30 bits per heavy atom. The van der Waals surface area contributed by atoms with E-state index < -0.39 is 20.2 Å². The summed E-state index contributed by atoms with van der Waals surface area (Å²) in [6, 6.07) is 5.54. The Balaban J connectivity index is 1.92. The predicted molar refractivity (Wildman–Crippen MR) is 72.6 cm³/mol. The summed E-state index contributed by atoms with van der Waals surface area (Å²) in [4.78, 5) is 22.9. The molecule has 2 aromatic heterocycles. The van der Waals surface area contributed by atoms with E-state index in [1.165, 1.54) is 24.3 Å². The van der Waals surface area contributed by atoms with Crippen LogP contribution in [0.25, 0.3) is 0 Å². The van der Waals surface area contributed by atoms with E-state index in [4.69, 9.17) is 8.83 Å². The number of hydrogen-bond donors (Lipinski definition) is 0. The number of rotatable bonds is 4. The van der Waals surface area contributed by atoms with Crippen molar-refractivity contribution in [3.8, 4) is 0 Å². The van der Waals surface area contributed by atoms with Crippen LogP contribution in [-0.2, 0) is 13.6 Å². The topological polar surface area (TPSA) is 96.0 Å². The molecule has 0 aromatic carbocycles. The molecule has 106 valence electrons. The van der Waals surface area contributed by atoms with Crippen molar-refractivity contribution in [3.05, 3.63) is 45.1 Å². The average Bonchev–Trinajstić information content (AvgIpc) is 2.97. The Labute approximate surface area is 129 Å². The van der Waals surface area contributed by atoms with Crippen molar-refractivity contribution in [1.29, 1.82) is 0 Å². The quantitative estimate of drug-likeness (QED) is 0.684. The second-order valence-corrected chi connectivity index (χ2v) is 5.71. The first kappa shape index (κ1) is 15.1. The van der Waals surface area contributed by atoms with Crippen LogP contribution in [0.15, 0.2) is 42.4 Å². The second-order valence-electron chi connectivity index (χ2n) is 3.24. The number of carbonyl (C=O) groups is 2. The van der Waals surface area contributed by atoms with Crippen LogP contribution in [0.1, 0.15) is 21.1 Å². The molecular weight excluding hydrogens is 423 g/mol. The van der Waals surface area contributed by atoms with Gasteiger partial charge in [-0.05, 0) is 56.1 Å². The summed E-state index contributed by atoms with van der Waals surface area (Å²) in [5.41, 5.74) is 0. The van der Waals surface area contributed by atoms with Gasteiger partial charge in [-0.25, -0.2) is 14.2 Å². The average molecular weight is 428 g/mol. The molecule has 7 nitrogen and oxygen atoms in total. The molecule has 0 radical (unpaired) electrons. The molecule has 0 fully saturated rings. The molecule has 2 heterocycles. The van der Waals surface area contributed by atoms with Crippen molar-refractivity contribution >= 4 is 52.1 Å². The fourth-order valence-corrected chi connectivity index (χ4v) is 2.28. The zero-order chi connectivity index (χ0) is 14.7. The van der Waals surface area contributed by atoms with Crippen molar-refractivity contribution in [2.24, 2.45) is 0 Å². The Morgan fingerprint density at radius 1 is 0.900 bits per heavy atom. The highest BCUT2D eigenvalue weighted by molar-refractivity contribution is 9.10. The maximum Gasteiger partial charge on any atom is 0.423 e. The Kier molecular flexibility index (Phi) is 4.85. The molecule has 0 spiro atoms. The summed E-state index contributed by atoms with van der Waals surface area (Å²) in [7, 11) is -3.36. The first-order valence-electron chi connectivity index (χ1n) is 4.94. The van der Waals surface area contributed by atoms with Crippen LogP contribution in [-0.4, -0.2) is 11.9 Å². The van der Waals surface area contributed by atoms with Gasteiger partial charge in [-0.15, -0.1) is 0 Å². The van der Waals surface area contributed by atoms with Crippen molar-refractivity contribution in [2.75, 3.05) is 0 Å². The number of hydrogen-bond acceptors (Lipinski definition) is 7. The fourth-order valence-electron chi connectivity index (χ4n) is 1.12. The van der Waals surface area contributed by atoms with Crippen LogP contribution < -0.4 is 0 Å². The van der Waals surface area contributed by atoms with Crippen molar-refractivity contribution < 1.29 is 32.0 Å². The highest BCUT2D eigenvalue weighted by atomic mass is 79.9. The number of halogens is 2. The van der Waals surface area contributed by atoms with Crippen molar-refractivity contribution in [3.63, 3.8) is 0 Å². The van der Waals surface area contributed by atoms with Gasteiger partial charge in [0.25, 0.3) is 0 Å². The van der Waals surface area contributed by atoms with Crippen LogP contribution in [0.4, 0.5) is 0 Å². The molecule has 0 N–H and O–H groups in total. The SMILES string of the molecule is O=C(O[PH](=O)OC(=O)c1ccc(Br)o1)c1ccc(Br)o1. The van der Waals surface area contributed by atoms with Crippen LogP contribution in [0.2, 0.25) is 0 Å². The fraction of sp³-hybridized carbons (Fsp3) is 0. The minimum absolute atomic E-state index is 0.174. The van der Waals surface area contributed by atoms with E-state index in [1.54, 1.807) is 0 Å². The highest BCUT2D eigenvalue weighted by Crippen LogP contribution is 2.29. The third-order valence-electron chi connectivity index (χ3n) is 1.90. The minimum Gasteiger partial charge on any atom is -0.442 e. The van der Waals surface area contributed by atoms with Gasteiger partial charge in [-0.3, -0.25) is 0 Å². The molecule has 0 saturated carbocycles. The summed E-state index contributed by atoms with van der Waals surface area (Å²) in [6.07, 6.45) is 0. The van der Waals surface area contributed by atoms with E-state index in [9.17, 15) is 14.2 Å². The van der Waals surface area contributed by atoms with Gasteiger partial charge >= 0.3 is 20.2 Å². The summed E-state index contributed by atoms with van der Waals surface area (Å²) in [5, 5.41) is 0. The molecule has 0 saturated heterocycles. The van der Waals surface area contributed by atoms with Crippen molar-refractivity contribution in [1.82, 2.24) is 0 Å². The highest BCUT2D eigenvalue weighted by Gasteiger charge is 2.20. The molecule has 2 aromatic rings. The third-order valence-corrected chi connectivity index (χ3v) is 3.46. The van der Waals surface area contributed by atoms with E-state index in [0.717, 1.165) is 0 Å². The predicted octanol–water partition coefficient (Wildman–Crippen LogP) is 3.80. The zero-order valence-electron chi connectivity index (χ0n) is 9.42. The van der Waals surface area contributed by atoms with Crippen LogP contribution in [0, 0.1) is 0 Å². The van der Waals surface area contributed by atoms with Gasteiger partial charge < -0.3 is 17.9 Å². The summed E-state index contributed by atoms with van der Waals surface area (Å²) < 4.78 is 30.7. The maximum absolute atomic E-state index is 11.5. The van der Waals surface area contributed by atoms with Gasteiger partial charge in [-0.1, -0.05) is 0 Å². The van der Waals surface area contributed by atoms with Gasteiger partial charge in [0.15, 0.2) is 9.34 Å². The largest absolute Gasteiger partial charge is 0.442 e. The Morgan fingerprint density at radius 3 is 1.60 bits per heavy atom. The number of carbonyl (C=O) groups excluding carboxylic acids is 2. The first-order chi connectivity index (χ1) is 9.45. The van der Waals surface area contributed by atoms with Gasteiger partial charge in [0.2, 0.25) is 11.5 Å². The lowest BCUT2D eigenvalue weighted by molar-refractivity contribution is 0.0616. The summed E-state index contributed by atoms with van der Waals surface area (Å²) >= 11 is 5.99. The smallest absolute Gasteiger partial charge is 0.423 e. The Bertz CT molecular complexity index is 618. The molecule has 0 aliphatic rings. The van der Waals surface area contributed by atoms with E-state index in [0.29, 0.717) is 9.34 Å². The van der Waals surface area contributed by atoms with E-state index in [-0.39, 0.29) is 11.5 Å². The van der Waals surface area contributed by atoms with E-state index in [1.807, 2.05) is 0 Å². The molecular formula is C10H5Br2O7P. The van der Waals surface area contributed by atoms with Crippen LogP contribution in [0.3, 0.4) is 0 Å². The second kappa shape index (κ2) is 6.43. The molecule has 0 atom stereocenters. The summed E-state index contributed by atoms with van der Waals surface area (Å²) in [6.45, 7) is 0. The molecule has 10 heteroatoms. The van der Waals surface area contributed by atoms with Crippen molar-refractivity contribution in [2.45, 2.75) is 0 Å². The summed E-state index contributed by atoms with van der Waals surface area (Å²) in [5.74, 6) is -2.36. The Hall–Kier alpha value is -1.31. The standard InChI is InChI=1S/C10H5Br2O7P/c11-7-3-1-5(16-7)9(13)18-20(15)19-10(14)6-2-4-8(12)17-6/h1-4,20H. The molecule has 0 aliphatic heterocycles. The first-order valence-corrected chi connectivity index (χ1v) is 7.76. The van der Waals surface area contributed by atoms with Gasteiger partial charge in [0.1, 0.15) is 0 Å². The lowest BCUT2D eigenvalue weighted by Crippen LogP contribution is -2.02. The molecule has 0 bridgehead atoms.